The Kier molecular flexibility index (Phi) is 3.33. The molecule has 0 saturated heterocycles. The summed E-state index contributed by atoms with van der Waals surface area (Å²) in [6, 6.07) is 4.09. The molecule has 13 heavy (non-hydrogen) atoms. The Balaban J connectivity index is 3.30. The average molecular weight is 244 g/mol. The molecular formula is C10H14BrNO. The van der Waals surface area contributed by atoms with Gasteiger partial charge in [0.25, 0.3) is 0 Å². The zero-order valence-electron chi connectivity index (χ0n) is 8.10. The zero-order valence-corrected chi connectivity index (χ0v) is 9.68. The van der Waals surface area contributed by atoms with Crippen LogP contribution in [-0.2, 0) is 0 Å². The fourth-order valence-electron chi connectivity index (χ4n) is 1.46. The first-order valence-electron chi connectivity index (χ1n) is 4.11. The van der Waals surface area contributed by atoms with Gasteiger partial charge in [-0.2, -0.15) is 0 Å². The van der Waals surface area contributed by atoms with E-state index in [-0.39, 0.29) is 4.95 Å². The fraction of sp³-hybridized carbons (Fsp3) is 0.400. The predicted octanol–water partition coefficient (Wildman–Crippen LogP) is 2.66. The Morgan fingerprint density at radius 3 is 2.46 bits per heavy atom. The highest BCUT2D eigenvalue weighted by molar-refractivity contribution is 9.09. The number of hydrogen-bond donors (Lipinski definition) is 1. The van der Waals surface area contributed by atoms with Gasteiger partial charge < -0.3 is 10.5 Å². The third kappa shape index (κ3) is 2.23. The molecule has 0 fully saturated rings. The Morgan fingerprint density at radius 1 is 1.38 bits per heavy atom. The highest BCUT2D eigenvalue weighted by Gasteiger charge is 2.12. The van der Waals surface area contributed by atoms with Gasteiger partial charge in [-0.05, 0) is 31.0 Å². The monoisotopic (exact) mass is 243 g/mol. The van der Waals surface area contributed by atoms with Crippen molar-refractivity contribution < 1.29 is 4.74 Å². The van der Waals surface area contributed by atoms with E-state index in [0.29, 0.717) is 0 Å². The lowest BCUT2D eigenvalue weighted by Gasteiger charge is -2.14. The van der Waals surface area contributed by atoms with Crippen LogP contribution in [0.4, 0.5) is 0 Å². The van der Waals surface area contributed by atoms with Gasteiger partial charge in [-0.15, -0.1) is 0 Å². The van der Waals surface area contributed by atoms with Gasteiger partial charge >= 0.3 is 0 Å². The molecule has 0 aliphatic rings. The van der Waals surface area contributed by atoms with Gasteiger partial charge in [0.15, 0.2) is 0 Å². The minimum Gasteiger partial charge on any atom is -0.496 e. The molecule has 72 valence electrons. The third-order valence-corrected chi connectivity index (χ3v) is 2.45. The van der Waals surface area contributed by atoms with Crippen LogP contribution in [0.1, 0.15) is 21.6 Å². The number of ether oxygens (including phenoxy) is 1. The van der Waals surface area contributed by atoms with Crippen molar-refractivity contribution in [3.8, 4) is 5.75 Å². The van der Waals surface area contributed by atoms with E-state index in [2.05, 4.69) is 22.0 Å². The van der Waals surface area contributed by atoms with Crippen LogP contribution >= 0.6 is 15.9 Å². The molecule has 2 nitrogen and oxygen atoms in total. The topological polar surface area (TPSA) is 35.2 Å². The van der Waals surface area contributed by atoms with Crippen LogP contribution < -0.4 is 10.5 Å². The number of nitrogens with two attached hydrogens (primary N) is 1. The molecule has 0 amide bonds. The fourth-order valence-corrected chi connectivity index (χ4v) is 2.05. The largest absolute Gasteiger partial charge is 0.496 e. The lowest BCUT2D eigenvalue weighted by molar-refractivity contribution is 0.409. The SMILES string of the molecule is COc1cc(C)cc(C)c1C(N)Br. The number of rotatable bonds is 2. The molecule has 0 aromatic heterocycles. The van der Waals surface area contributed by atoms with E-state index in [4.69, 9.17) is 10.5 Å². The number of benzene rings is 1. The Labute approximate surface area is 87.2 Å². The van der Waals surface area contributed by atoms with Crippen LogP contribution in [0.5, 0.6) is 5.75 Å². The molecule has 1 aromatic rings. The average Bonchev–Trinajstić information content (AvgIpc) is 2.01. The first kappa shape index (κ1) is 10.5. The number of aryl methyl sites for hydroxylation is 2. The third-order valence-electron chi connectivity index (χ3n) is 1.99. The maximum Gasteiger partial charge on any atom is 0.125 e. The minimum absolute atomic E-state index is 0.164. The van der Waals surface area contributed by atoms with E-state index in [1.165, 1.54) is 5.56 Å². The van der Waals surface area contributed by atoms with Crippen LogP contribution in [-0.4, -0.2) is 7.11 Å². The van der Waals surface area contributed by atoms with E-state index in [1.54, 1.807) is 7.11 Å². The zero-order chi connectivity index (χ0) is 10.0. The number of halogens is 1. The maximum absolute atomic E-state index is 5.78. The summed E-state index contributed by atoms with van der Waals surface area (Å²) in [6.07, 6.45) is 0. The van der Waals surface area contributed by atoms with Crippen molar-refractivity contribution in [1.82, 2.24) is 0 Å². The highest BCUT2D eigenvalue weighted by atomic mass is 79.9. The summed E-state index contributed by atoms with van der Waals surface area (Å²) >= 11 is 3.35. The Hall–Kier alpha value is -0.540. The quantitative estimate of drug-likeness (QED) is 0.641. The van der Waals surface area contributed by atoms with Gasteiger partial charge in [0, 0.05) is 5.56 Å². The van der Waals surface area contributed by atoms with Crippen LogP contribution in [0.25, 0.3) is 0 Å². The summed E-state index contributed by atoms with van der Waals surface area (Å²) in [5, 5.41) is 0. The summed E-state index contributed by atoms with van der Waals surface area (Å²) in [5.74, 6) is 0.849. The maximum atomic E-state index is 5.78. The second kappa shape index (κ2) is 4.11. The van der Waals surface area contributed by atoms with Gasteiger partial charge in [0.2, 0.25) is 0 Å². The minimum atomic E-state index is -0.164. The van der Waals surface area contributed by atoms with E-state index in [9.17, 15) is 0 Å². The van der Waals surface area contributed by atoms with E-state index < -0.39 is 0 Å². The number of hydrogen-bond acceptors (Lipinski definition) is 2. The summed E-state index contributed by atoms with van der Waals surface area (Å²) in [7, 11) is 1.66. The Morgan fingerprint density at radius 2 is 2.00 bits per heavy atom. The van der Waals surface area contributed by atoms with E-state index in [0.717, 1.165) is 16.9 Å². The summed E-state index contributed by atoms with van der Waals surface area (Å²) in [5.41, 5.74) is 9.14. The van der Waals surface area contributed by atoms with Gasteiger partial charge in [-0.3, -0.25) is 0 Å². The smallest absolute Gasteiger partial charge is 0.125 e. The molecule has 1 atom stereocenters. The van der Waals surface area contributed by atoms with Crippen molar-refractivity contribution in [2.75, 3.05) is 7.11 Å². The molecule has 1 rings (SSSR count). The van der Waals surface area contributed by atoms with Crippen molar-refractivity contribution in [2.45, 2.75) is 18.8 Å². The summed E-state index contributed by atoms with van der Waals surface area (Å²) < 4.78 is 5.26. The predicted molar refractivity (Wildman–Crippen MR) is 58.3 cm³/mol. The van der Waals surface area contributed by atoms with Crippen molar-refractivity contribution in [3.05, 3.63) is 28.8 Å². The van der Waals surface area contributed by atoms with Crippen molar-refractivity contribution in [2.24, 2.45) is 5.73 Å². The summed E-state index contributed by atoms with van der Waals surface area (Å²) in [4.78, 5) is -0.164. The van der Waals surface area contributed by atoms with Crippen LogP contribution in [0.3, 0.4) is 0 Å². The van der Waals surface area contributed by atoms with Gasteiger partial charge in [0.05, 0.1) is 12.1 Å². The molecular weight excluding hydrogens is 230 g/mol. The van der Waals surface area contributed by atoms with E-state index >= 15 is 0 Å². The molecule has 1 unspecified atom stereocenters. The molecule has 2 N–H and O–H groups in total. The van der Waals surface area contributed by atoms with Gasteiger partial charge in [-0.25, -0.2) is 0 Å². The lowest BCUT2D eigenvalue weighted by atomic mass is 10.0. The molecule has 0 spiro atoms. The molecule has 0 aliphatic carbocycles. The highest BCUT2D eigenvalue weighted by Crippen LogP contribution is 2.31. The summed E-state index contributed by atoms with van der Waals surface area (Å²) in [6.45, 7) is 4.07. The molecule has 3 heteroatoms. The van der Waals surface area contributed by atoms with Crippen molar-refractivity contribution >= 4 is 15.9 Å². The standard InChI is InChI=1S/C10H14BrNO/c1-6-4-7(2)9(10(11)12)8(5-6)13-3/h4-5,10H,12H2,1-3H3. The molecule has 0 saturated carbocycles. The van der Waals surface area contributed by atoms with Gasteiger partial charge in [0.1, 0.15) is 5.75 Å². The first-order valence-corrected chi connectivity index (χ1v) is 5.02. The first-order chi connectivity index (χ1) is 6.06. The number of alkyl halides is 1. The lowest BCUT2D eigenvalue weighted by Crippen LogP contribution is -2.06. The second-order valence-corrected chi connectivity index (χ2v) is 4.09. The molecule has 0 heterocycles. The molecule has 0 bridgehead atoms. The molecule has 0 aliphatic heterocycles. The molecule has 0 radical (unpaired) electrons. The normalized spacial score (nSPS) is 12.7. The molecule has 1 aromatic carbocycles. The van der Waals surface area contributed by atoms with Crippen LogP contribution in [0.2, 0.25) is 0 Å². The van der Waals surface area contributed by atoms with Crippen LogP contribution in [0, 0.1) is 13.8 Å². The Bertz CT molecular complexity index is 310. The second-order valence-electron chi connectivity index (χ2n) is 3.10. The van der Waals surface area contributed by atoms with Gasteiger partial charge in [-0.1, -0.05) is 22.0 Å². The number of methoxy groups -OCH3 is 1. The van der Waals surface area contributed by atoms with Crippen LogP contribution in [0.15, 0.2) is 12.1 Å². The van der Waals surface area contributed by atoms with E-state index in [1.807, 2.05) is 19.9 Å². The van der Waals surface area contributed by atoms with Crippen molar-refractivity contribution in [1.29, 1.82) is 0 Å². The van der Waals surface area contributed by atoms with Crippen molar-refractivity contribution in [3.63, 3.8) is 0 Å².